The summed E-state index contributed by atoms with van der Waals surface area (Å²) in [5.74, 6) is 0.470. The van der Waals surface area contributed by atoms with Crippen LogP contribution in [-0.2, 0) is 6.54 Å². The third-order valence-corrected chi connectivity index (χ3v) is 2.07. The van der Waals surface area contributed by atoms with Gasteiger partial charge in [0.2, 0.25) is 0 Å². The van der Waals surface area contributed by atoms with E-state index in [1.807, 2.05) is 13.0 Å². The van der Waals surface area contributed by atoms with Gasteiger partial charge < -0.3 is 4.57 Å². The van der Waals surface area contributed by atoms with Crippen LogP contribution in [0.4, 0.5) is 0 Å². The van der Waals surface area contributed by atoms with Gasteiger partial charge in [0.25, 0.3) is 5.56 Å². The molecule has 3 heteroatoms. The van der Waals surface area contributed by atoms with Gasteiger partial charge in [-0.05, 0) is 18.9 Å². The molecule has 72 valence electrons. The number of nitrogens with zero attached hydrogens (tertiary/aromatic N) is 1. The van der Waals surface area contributed by atoms with Crippen molar-refractivity contribution in [2.45, 2.75) is 27.3 Å². The van der Waals surface area contributed by atoms with Crippen molar-refractivity contribution in [1.82, 2.24) is 4.57 Å². The van der Waals surface area contributed by atoms with E-state index in [-0.39, 0.29) is 5.56 Å². The largest absolute Gasteiger partial charge is 0.313 e. The van der Waals surface area contributed by atoms with Crippen LogP contribution >= 0.6 is 11.6 Å². The molecule has 0 atom stereocenters. The lowest BCUT2D eigenvalue weighted by Crippen LogP contribution is -2.23. The molecular weight excluding hydrogens is 186 g/mol. The SMILES string of the molecule is Cc1cc(Cl)cc(=O)n1CC(C)C. The fourth-order valence-corrected chi connectivity index (χ4v) is 1.54. The lowest BCUT2D eigenvalue weighted by atomic mass is 10.2. The number of hydrogen-bond acceptors (Lipinski definition) is 1. The van der Waals surface area contributed by atoms with E-state index in [9.17, 15) is 4.79 Å². The first-order valence-electron chi connectivity index (χ1n) is 4.37. The zero-order valence-electron chi connectivity index (χ0n) is 8.17. The fourth-order valence-electron chi connectivity index (χ4n) is 1.29. The number of pyridine rings is 1. The van der Waals surface area contributed by atoms with E-state index in [0.29, 0.717) is 10.9 Å². The van der Waals surface area contributed by atoms with E-state index in [1.54, 1.807) is 4.57 Å². The summed E-state index contributed by atoms with van der Waals surface area (Å²) < 4.78 is 1.75. The summed E-state index contributed by atoms with van der Waals surface area (Å²) in [4.78, 5) is 11.5. The van der Waals surface area contributed by atoms with Gasteiger partial charge in [-0.3, -0.25) is 4.79 Å². The molecule has 0 N–H and O–H groups in total. The van der Waals surface area contributed by atoms with Gasteiger partial charge >= 0.3 is 0 Å². The van der Waals surface area contributed by atoms with Crippen LogP contribution in [0.3, 0.4) is 0 Å². The van der Waals surface area contributed by atoms with Crippen molar-refractivity contribution in [3.05, 3.63) is 33.2 Å². The molecule has 1 heterocycles. The first-order chi connectivity index (χ1) is 6.00. The normalized spacial score (nSPS) is 10.8. The van der Waals surface area contributed by atoms with Crippen LogP contribution in [0.25, 0.3) is 0 Å². The maximum absolute atomic E-state index is 11.5. The van der Waals surface area contributed by atoms with Gasteiger partial charge in [-0.1, -0.05) is 25.4 Å². The van der Waals surface area contributed by atoms with Gasteiger partial charge in [0, 0.05) is 23.3 Å². The lowest BCUT2D eigenvalue weighted by molar-refractivity contribution is 0.502. The standard InChI is InChI=1S/C10H14ClNO/c1-7(2)6-12-8(3)4-9(11)5-10(12)13/h4-5,7H,6H2,1-3H3. The van der Waals surface area contributed by atoms with Gasteiger partial charge in [0.1, 0.15) is 0 Å². The lowest BCUT2D eigenvalue weighted by Gasteiger charge is -2.11. The molecule has 0 aliphatic heterocycles. The molecule has 0 radical (unpaired) electrons. The average molecular weight is 200 g/mol. The number of halogens is 1. The zero-order chi connectivity index (χ0) is 10.0. The van der Waals surface area contributed by atoms with Crippen molar-refractivity contribution in [3.63, 3.8) is 0 Å². The van der Waals surface area contributed by atoms with Crippen molar-refractivity contribution in [2.24, 2.45) is 5.92 Å². The van der Waals surface area contributed by atoms with E-state index in [0.717, 1.165) is 12.2 Å². The Kier molecular flexibility index (Phi) is 3.15. The third kappa shape index (κ3) is 2.59. The maximum atomic E-state index is 11.5. The highest BCUT2D eigenvalue weighted by molar-refractivity contribution is 6.30. The summed E-state index contributed by atoms with van der Waals surface area (Å²) in [5, 5.41) is 0.516. The smallest absolute Gasteiger partial charge is 0.252 e. The Morgan fingerprint density at radius 3 is 2.54 bits per heavy atom. The molecule has 13 heavy (non-hydrogen) atoms. The molecule has 0 fully saturated rings. The van der Waals surface area contributed by atoms with E-state index in [4.69, 9.17) is 11.6 Å². The number of hydrogen-bond donors (Lipinski definition) is 0. The van der Waals surface area contributed by atoms with Crippen molar-refractivity contribution in [3.8, 4) is 0 Å². The highest BCUT2D eigenvalue weighted by atomic mass is 35.5. The minimum Gasteiger partial charge on any atom is -0.313 e. The Labute approximate surface area is 83.2 Å². The summed E-state index contributed by atoms with van der Waals surface area (Å²) in [6.07, 6.45) is 0. The van der Waals surface area contributed by atoms with Gasteiger partial charge in [-0.15, -0.1) is 0 Å². The van der Waals surface area contributed by atoms with Crippen LogP contribution < -0.4 is 5.56 Å². The van der Waals surface area contributed by atoms with Crippen LogP contribution in [-0.4, -0.2) is 4.57 Å². The predicted octanol–water partition coefficient (Wildman–Crippen LogP) is 2.47. The second-order valence-corrected chi connectivity index (χ2v) is 4.09. The second-order valence-electron chi connectivity index (χ2n) is 3.66. The average Bonchev–Trinajstić information content (AvgIpc) is 1.96. The fraction of sp³-hybridized carbons (Fsp3) is 0.500. The molecule has 0 aromatic carbocycles. The van der Waals surface area contributed by atoms with Crippen LogP contribution in [0.15, 0.2) is 16.9 Å². The van der Waals surface area contributed by atoms with Gasteiger partial charge in [-0.2, -0.15) is 0 Å². The zero-order valence-corrected chi connectivity index (χ0v) is 8.93. The van der Waals surface area contributed by atoms with Crippen LogP contribution in [0.5, 0.6) is 0 Å². The number of aryl methyl sites for hydroxylation is 1. The first-order valence-corrected chi connectivity index (χ1v) is 4.75. The molecule has 0 amide bonds. The van der Waals surface area contributed by atoms with Crippen LogP contribution in [0.2, 0.25) is 5.02 Å². The van der Waals surface area contributed by atoms with Crippen molar-refractivity contribution >= 4 is 11.6 Å². The van der Waals surface area contributed by atoms with E-state index < -0.39 is 0 Å². The van der Waals surface area contributed by atoms with E-state index in [2.05, 4.69) is 13.8 Å². The van der Waals surface area contributed by atoms with E-state index >= 15 is 0 Å². The molecule has 0 bridgehead atoms. The summed E-state index contributed by atoms with van der Waals surface area (Å²) in [6, 6.07) is 3.27. The minimum absolute atomic E-state index is 0.0151. The number of aromatic nitrogens is 1. The van der Waals surface area contributed by atoms with Crippen molar-refractivity contribution < 1.29 is 0 Å². The highest BCUT2D eigenvalue weighted by Gasteiger charge is 2.03. The maximum Gasteiger partial charge on any atom is 0.252 e. The molecule has 0 aliphatic carbocycles. The summed E-state index contributed by atoms with van der Waals surface area (Å²) in [6.45, 7) is 6.82. The molecule has 1 rings (SSSR count). The Morgan fingerprint density at radius 1 is 1.46 bits per heavy atom. The molecule has 0 saturated heterocycles. The molecule has 1 aromatic heterocycles. The minimum atomic E-state index is -0.0151. The van der Waals surface area contributed by atoms with Crippen LogP contribution in [0, 0.1) is 12.8 Å². The molecule has 0 unspecified atom stereocenters. The van der Waals surface area contributed by atoms with Crippen molar-refractivity contribution in [1.29, 1.82) is 0 Å². The summed E-state index contributed by atoms with van der Waals surface area (Å²) >= 11 is 5.75. The second kappa shape index (κ2) is 3.97. The topological polar surface area (TPSA) is 22.0 Å². The molecule has 0 aliphatic rings. The van der Waals surface area contributed by atoms with E-state index in [1.165, 1.54) is 6.07 Å². The molecule has 1 aromatic rings. The Bertz CT molecular complexity index is 354. The van der Waals surface area contributed by atoms with Crippen molar-refractivity contribution in [2.75, 3.05) is 0 Å². The molecular formula is C10H14ClNO. The third-order valence-electron chi connectivity index (χ3n) is 1.85. The van der Waals surface area contributed by atoms with Crippen LogP contribution in [0.1, 0.15) is 19.5 Å². The molecule has 0 spiro atoms. The monoisotopic (exact) mass is 199 g/mol. The van der Waals surface area contributed by atoms with Gasteiger partial charge in [0.05, 0.1) is 0 Å². The Morgan fingerprint density at radius 2 is 2.08 bits per heavy atom. The van der Waals surface area contributed by atoms with Gasteiger partial charge in [0.15, 0.2) is 0 Å². The van der Waals surface area contributed by atoms with Gasteiger partial charge in [-0.25, -0.2) is 0 Å². The Balaban J connectivity index is 3.14. The number of rotatable bonds is 2. The summed E-state index contributed by atoms with van der Waals surface area (Å²) in [7, 11) is 0. The molecule has 2 nitrogen and oxygen atoms in total. The Hall–Kier alpha value is -0.760. The molecule has 0 saturated carbocycles. The highest BCUT2D eigenvalue weighted by Crippen LogP contribution is 2.08. The summed E-state index contributed by atoms with van der Waals surface area (Å²) in [5.41, 5.74) is 0.907. The predicted molar refractivity (Wildman–Crippen MR) is 55.3 cm³/mol. The quantitative estimate of drug-likeness (QED) is 0.717. The first kappa shape index (κ1) is 10.3.